The predicted octanol–water partition coefficient (Wildman–Crippen LogP) is 4.29. The van der Waals surface area contributed by atoms with E-state index in [-0.39, 0.29) is 18.9 Å². The molecule has 7 nitrogen and oxygen atoms in total. The quantitative estimate of drug-likeness (QED) is 0.436. The number of halogens is 1. The molecule has 0 spiro atoms. The highest BCUT2D eigenvalue weighted by Gasteiger charge is 2.11. The first-order chi connectivity index (χ1) is 14.9. The Morgan fingerprint density at radius 1 is 1.26 bits per heavy atom. The summed E-state index contributed by atoms with van der Waals surface area (Å²) in [7, 11) is 0. The number of nitrogens with one attached hydrogen (secondary N) is 2. The number of hydrogen-bond donors (Lipinski definition) is 2. The third-order valence-electron chi connectivity index (χ3n) is 4.48. The third-order valence-corrected chi connectivity index (χ3v) is 7.04. The number of amides is 1. The number of rotatable bonds is 6. The zero-order valence-corrected chi connectivity index (χ0v) is 18.7. The van der Waals surface area contributed by atoms with Gasteiger partial charge in [-0.2, -0.15) is 0 Å². The van der Waals surface area contributed by atoms with E-state index in [0.717, 1.165) is 14.9 Å². The summed E-state index contributed by atoms with van der Waals surface area (Å²) in [6, 6.07) is 12.1. The number of H-pyrrole nitrogens is 1. The van der Waals surface area contributed by atoms with Crippen LogP contribution < -0.4 is 16.6 Å². The van der Waals surface area contributed by atoms with Crippen LogP contribution in [0, 0.1) is 6.92 Å². The van der Waals surface area contributed by atoms with E-state index in [9.17, 15) is 14.4 Å². The highest BCUT2D eigenvalue weighted by atomic mass is 35.5. The number of para-hydroxylation sites is 1. The van der Waals surface area contributed by atoms with Gasteiger partial charge in [0.15, 0.2) is 4.34 Å². The lowest BCUT2D eigenvalue weighted by Gasteiger charge is -2.10. The van der Waals surface area contributed by atoms with Crippen LogP contribution in [0.5, 0.6) is 0 Å². The van der Waals surface area contributed by atoms with Gasteiger partial charge in [0.1, 0.15) is 0 Å². The number of carbonyl (C=O) groups excluding carboxylic acids is 1. The fraction of sp³-hybridized carbons (Fsp3) is 0.143. The number of aryl methyl sites for hydroxylation is 2. The first-order valence-corrected chi connectivity index (χ1v) is 11.4. The molecule has 0 bridgehead atoms. The van der Waals surface area contributed by atoms with Crippen molar-refractivity contribution in [3.05, 3.63) is 79.4 Å². The highest BCUT2D eigenvalue weighted by molar-refractivity contribution is 8.01. The molecule has 0 aliphatic carbocycles. The lowest BCUT2D eigenvalue weighted by Crippen LogP contribution is -2.31. The molecule has 0 fully saturated rings. The van der Waals surface area contributed by atoms with Crippen LogP contribution >= 0.6 is 34.7 Å². The monoisotopic (exact) mass is 472 g/mol. The average Bonchev–Trinajstić information content (AvgIpc) is 3.14. The maximum atomic E-state index is 12.4. The van der Waals surface area contributed by atoms with Crippen LogP contribution in [0.4, 0.5) is 5.69 Å². The molecule has 158 valence electrons. The van der Waals surface area contributed by atoms with Gasteiger partial charge < -0.3 is 5.32 Å². The zero-order chi connectivity index (χ0) is 22.0. The van der Waals surface area contributed by atoms with Gasteiger partial charge >= 0.3 is 5.69 Å². The fourth-order valence-corrected chi connectivity index (χ4v) is 5.13. The highest BCUT2D eigenvalue weighted by Crippen LogP contribution is 2.36. The van der Waals surface area contributed by atoms with Gasteiger partial charge in [0, 0.05) is 34.6 Å². The van der Waals surface area contributed by atoms with Crippen LogP contribution in [0.2, 0.25) is 5.02 Å². The first kappa shape index (κ1) is 21.4. The number of hydrogen-bond acceptors (Lipinski definition) is 6. The van der Waals surface area contributed by atoms with Crippen molar-refractivity contribution in [3.63, 3.8) is 0 Å². The normalized spacial score (nSPS) is 11.0. The minimum atomic E-state index is -0.543. The van der Waals surface area contributed by atoms with E-state index in [1.54, 1.807) is 47.7 Å². The Balaban J connectivity index is 1.44. The molecule has 1 amide bonds. The van der Waals surface area contributed by atoms with Crippen LogP contribution in [-0.2, 0) is 11.3 Å². The summed E-state index contributed by atoms with van der Waals surface area (Å²) in [6.07, 6.45) is 0.0580. The summed E-state index contributed by atoms with van der Waals surface area (Å²) in [6.45, 7) is 2.07. The third kappa shape index (κ3) is 4.90. The van der Waals surface area contributed by atoms with E-state index < -0.39 is 11.2 Å². The van der Waals surface area contributed by atoms with Crippen molar-refractivity contribution in [2.75, 3.05) is 5.32 Å². The van der Waals surface area contributed by atoms with Crippen molar-refractivity contribution in [2.45, 2.75) is 29.1 Å². The molecule has 10 heteroatoms. The number of fused-ring (bicyclic) bond motifs is 1. The molecule has 0 aliphatic rings. The largest absolute Gasteiger partial charge is 0.328 e. The number of thiazole rings is 1. The number of carbonyl (C=O) groups is 1. The molecule has 4 rings (SSSR count). The summed E-state index contributed by atoms with van der Waals surface area (Å²) in [5.41, 5.74) is 1.03. The van der Waals surface area contributed by atoms with Gasteiger partial charge in [-0.25, -0.2) is 9.78 Å². The molecule has 2 N–H and O–H groups in total. The number of aromatic amines is 1. The van der Waals surface area contributed by atoms with Crippen molar-refractivity contribution in [2.24, 2.45) is 0 Å². The topological polar surface area (TPSA) is 96.9 Å². The van der Waals surface area contributed by atoms with Gasteiger partial charge in [-0.1, -0.05) is 35.5 Å². The number of anilines is 1. The molecule has 0 unspecified atom stereocenters. The molecule has 2 heterocycles. The Kier molecular flexibility index (Phi) is 6.26. The molecule has 0 radical (unpaired) electrons. The molecular formula is C21H17ClN4O3S2. The van der Waals surface area contributed by atoms with Crippen LogP contribution in [-0.4, -0.2) is 20.4 Å². The van der Waals surface area contributed by atoms with Gasteiger partial charge in [0.25, 0.3) is 5.56 Å². The first-order valence-electron chi connectivity index (χ1n) is 9.32. The SMILES string of the molecule is Cc1csc(Sc2ccc(NC(=O)CCn3c(=O)[nH]c(=O)c4ccccc43)cc2Cl)n1. The van der Waals surface area contributed by atoms with Crippen molar-refractivity contribution < 1.29 is 4.79 Å². The maximum absolute atomic E-state index is 12.4. The molecule has 0 atom stereocenters. The van der Waals surface area contributed by atoms with E-state index in [1.807, 2.05) is 18.4 Å². The van der Waals surface area contributed by atoms with Crippen molar-refractivity contribution in [3.8, 4) is 0 Å². The van der Waals surface area contributed by atoms with E-state index in [1.165, 1.54) is 16.3 Å². The Hall–Kier alpha value is -2.88. The zero-order valence-electron chi connectivity index (χ0n) is 16.3. The van der Waals surface area contributed by atoms with Crippen LogP contribution in [0.3, 0.4) is 0 Å². The Morgan fingerprint density at radius 2 is 2.06 bits per heavy atom. The number of nitrogens with zero attached hydrogens (tertiary/aromatic N) is 2. The van der Waals surface area contributed by atoms with Gasteiger partial charge in [-0.3, -0.25) is 19.1 Å². The second-order valence-electron chi connectivity index (χ2n) is 6.73. The molecule has 2 aromatic heterocycles. The Labute approximate surface area is 190 Å². The van der Waals surface area contributed by atoms with E-state index in [4.69, 9.17) is 11.6 Å². The molecule has 0 saturated heterocycles. The van der Waals surface area contributed by atoms with Gasteiger partial charge in [-0.15, -0.1) is 11.3 Å². The average molecular weight is 473 g/mol. The molecular weight excluding hydrogens is 456 g/mol. The summed E-state index contributed by atoms with van der Waals surface area (Å²) in [5, 5.41) is 5.68. The maximum Gasteiger partial charge on any atom is 0.328 e. The predicted molar refractivity (Wildman–Crippen MR) is 125 cm³/mol. The standard InChI is InChI=1S/C21H17ClN4O3S2/c1-12-11-30-21(23-12)31-17-7-6-13(10-15(17)22)24-18(27)8-9-26-16-5-3-2-4-14(16)19(28)25-20(26)29/h2-7,10-11H,8-9H2,1H3,(H,24,27)(H,25,28,29). The smallest absolute Gasteiger partial charge is 0.326 e. The fourth-order valence-electron chi connectivity index (χ4n) is 3.04. The minimum Gasteiger partial charge on any atom is -0.326 e. The molecule has 2 aromatic carbocycles. The number of benzene rings is 2. The van der Waals surface area contributed by atoms with Gasteiger partial charge in [0.2, 0.25) is 5.91 Å². The Bertz CT molecular complexity index is 1390. The summed E-state index contributed by atoms with van der Waals surface area (Å²) >= 11 is 9.39. The lowest BCUT2D eigenvalue weighted by molar-refractivity contribution is -0.116. The van der Waals surface area contributed by atoms with Crippen molar-refractivity contribution in [1.29, 1.82) is 0 Å². The van der Waals surface area contributed by atoms with E-state index >= 15 is 0 Å². The minimum absolute atomic E-state index is 0.0580. The molecule has 0 saturated carbocycles. The Morgan fingerprint density at radius 3 is 2.81 bits per heavy atom. The van der Waals surface area contributed by atoms with Gasteiger partial charge in [-0.05, 0) is 37.3 Å². The second kappa shape index (κ2) is 9.09. The second-order valence-corrected chi connectivity index (χ2v) is 9.28. The summed E-state index contributed by atoms with van der Waals surface area (Å²) in [4.78, 5) is 44.1. The molecule has 31 heavy (non-hydrogen) atoms. The van der Waals surface area contributed by atoms with Crippen molar-refractivity contribution in [1.82, 2.24) is 14.5 Å². The van der Waals surface area contributed by atoms with Crippen LogP contribution in [0.1, 0.15) is 12.1 Å². The lowest BCUT2D eigenvalue weighted by atomic mass is 10.2. The number of aromatic nitrogens is 3. The van der Waals surface area contributed by atoms with E-state index in [0.29, 0.717) is 21.6 Å². The van der Waals surface area contributed by atoms with E-state index in [2.05, 4.69) is 15.3 Å². The summed E-state index contributed by atoms with van der Waals surface area (Å²) in [5.74, 6) is -0.269. The summed E-state index contributed by atoms with van der Waals surface area (Å²) < 4.78 is 2.29. The van der Waals surface area contributed by atoms with Crippen LogP contribution in [0.25, 0.3) is 10.9 Å². The molecule has 4 aromatic rings. The molecule has 0 aliphatic heterocycles. The van der Waals surface area contributed by atoms with Crippen molar-refractivity contribution >= 4 is 57.2 Å². The van der Waals surface area contributed by atoms with Crippen LogP contribution in [0.15, 0.2) is 66.7 Å². The van der Waals surface area contributed by atoms with Gasteiger partial charge in [0.05, 0.1) is 15.9 Å².